The Bertz CT molecular complexity index is 3410. The lowest BCUT2D eigenvalue weighted by atomic mass is 9.85. The molecule has 6 heterocycles. The molecule has 432 valence electrons. The van der Waals surface area contributed by atoms with Crippen LogP contribution in [0.1, 0.15) is 125 Å². The number of nitrogens with one attached hydrogen (secondary N) is 3. The Kier molecular flexibility index (Phi) is 18.4. The molecular weight excluding hydrogens is 1080 g/mol. The van der Waals surface area contributed by atoms with Crippen molar-refractivity contribution in [3.8, 4) is 21.6 Å². The number of benzene rings is 2. The quantitative estimate of drug-likeness (QED) is 0.0449. The average Bonchev–Trinajstić information content (AvgIpc) is 4.29. The van der Waals surface area contributed by atoms with Gasteiger partial charge in [-0.15, -0.1) is 21.5 Å². The van der Waals surface area contributed by atoms with Crippen molar-refractivity contribution in [2.75, 3.05) is 36.9 Å². The number of pyridine rings is 1. The number of aromatic carboxylic acids is 1. The number of para-hydroxylation sites is 1. The third-order valence-electron chi connectivity index (χ3n) is 15.6. The van der Waals surface area contributed by atoms with Crippen LogP contribution in [0.15, 0.2) is 78.4 Å². The molecule has 1 aliphatic heterocycles. The summed E-state index contributed by atoms with van der Waals surface area (Å²) in [6.07, 6.45) is 6.90. The summed E-state index contributed by atoms with van der Waals surface area (Å²) in [4.78, 5) is 88.2. The van der Waals surface area contributed by atoms with E-state index >= 15 is 0 Å². The van der Waals surface area contributed by atoms with Gasteiger partial charge in [0.1, 0.15) is 17.9 Å². The number of nitrogens with zero attached hydrogens (tertiary/aromatic N) is 10. The Hall–Kier alpha value is -7.69. The first-order valence-corrected chi connectivity index (χ1v) is 29.8. The van der Waals surface area contributed by atoms with Crippen LogP contribution in [-0.4, -0.2) is 129 Å². The molecule has 2 fully saturated rings. The van der Waals surface area contributed by atoms with Gasteiger partial charge in [0.15, 0.2) is 22.5 Å². The van der Waals surface area contributed by atoms with Crippen LogP contribution in [0.4, 0.5) is 22.6 Å². The van der Waals surface area contributed by atoms with Crippen molar-refractivity contribution in [2.24, 2.45) is 11.3 Å². The number of carboxylic acid groups (broad SMARTS) is 1. The van der Waals surface area contributed by atoms with E-state index in [0.29, 0.717) is 33.8 Å². The largest absolute Gasteiger partial charge is 0.476 e. The lowest BCUT2D eigenvalue weighted by Crippen LogP contribution is -2.57. The molecule has 0 radical (unpaired) electrons. The number of carbonyl (C=O) groups excluding carboxylic acids is 4. The van der Waals surface area contributed by atoms with Crippen molar-refractivity contribution in [3.63, 3.8) is 0 Å². The summed E-state index contributed by atoms with van der Waals surface area (Å²) in [7, 11) is 1.66. The third kappa shape index (κ3) is 13.8. The monoisotopic (exact) mass is 1150 g/mol. The maximum Gasteiger partial charge on any atom is 0.355 e. The normalized spacial score (nSPS) is 16.4. The Morgan fingerprint density at radius 3 is 2.33 bits per heavy atom. The number of amides is 4. The number of thiazole rings is 2. The fourth-order valence-electron chi connectivity index (χ4n) is 10.8. The molecule has 5 N–H and O–H groups in total. The summed E-state index contributed by atoms with van der Waals surface area (Å²) in [5.74, 6) is -1.12. The van der Waals surface area contributed by atoms with Gasteiger partial charge in [-0.3, -0.25) is 23.9 Å². The minimum Gasteiger partial charge on any atom is -0.476 e. The van der Waals surface area contributed by atoms with Crippen LogP contribution in [0.3, 0.4) is 0 Å². The van der Waals surface area contributed by atoms with Crippen molar-refractivity contribution in [1.82, 2.24) is 55.4 Å². The highest BCUT2D eigenvalue weighted by atomic mass is 32.1. The van der Waals surface area contributed by atoms with Gasteiger partial charge in [-0.25, -0.2) is 19.7 Å². The summed E-state index contributed by atoms with van der Waals surface area (Å²) < 4.78 is 2.98. The molecule has 20 nitrogen and oxygen atoms in total. The van der Waals surface area contributed by atoms with Crippen LogP contribution >= 0.6 is 22.7 Å². The maximum absolute atomic E-state index is 14.4. The van der Waals surface area contributed by atoms with Gasteiger partial charge in [-0.1, -0.05) is 87.8 Å². The van der Waals surface area contributed by atoms with Crippen LogP contribution < -0.4 is 20.9 Å². The number of carbonyl (C=O) groups is 5. The van der Waals surface area contributed by atoms with Crippen molar-refractivity contribution in [2.45, 2.75) is 137 Å². The van der Waals surface area contributed by atoms with Crippen LogP contribution in [-0.2, 0) is 25.7 Å². The second-order valence-electron chi connectivity index (χ2n) is 22.7. The number of fused-ring (bicyclic) bond motifs is 1. The molecule has 2 aliphatic rings. The molecule has 1 saturated carbocycles. The Morgan fingerprint density at radius 1 is 0.878 bits per heavy atom. The Morgan fingerprint density at radius 2 is 1.63 bits per heavy atom. The molecule has 4 atom stereocenters. The number of anilines is 4. The Balaban J connectivity index is 0.847. The summed E-state index contributed by atoms with van der Waals surface area (Å²) in [6.45, 7) is 14.1. The number of aryl methyl sites for hydroxylation is 2. The zero-order valence-corrected chi connectivity index (χ0v) is 49.4. The smallest absolute Gasteiger partial charge is 0.355 e. The fourth-order valence-corrected chi connectivity index (χ4v) is 12.5. The van der Waals surface area contributed by atoms with Crippen molar-refractivity contribution < 1.29 is 34.2 Å². The number of hydrogen-bond donors (Lipinski definition) is 5. The van der Waals surface area contributed by atoms with Crippen molar-refractivity contribution >= 4 is 85.1 Å². The number of likely N-dealkylation sites (N-methyl/N-ethyl adjacent to an activating group) is 1. The SMILES string of the molecule is Cc1cc(N(CCN(C)C(=O)CCCC(=O)N[C@H](C(=O)N2C[C@H](O)C[C@H]2C(=O)N[C@@H](C)c2ccc(-c3scnc3C)cc2)C(C)(C)C)c2ccc(-c3cnn(CC4CCCCC4)c3C)c(C(=O)O)n2)nnc1Nc1nc2ccccc2s1. The second-order valence-corrected chi connectivity index (χ2v) is 24.6. The first-order chi connectivity index (χ1) is 39.2. The molecule has 0 unspecified atom stereocenters. The van der Waals surface area contributed by atoms with Gasteiger partial charge in [0.2, 0.25) is 23.6 Å². The summed E-state index contributed by atoms with van der Waals surface area (Å²) in [6, 6.07) is 18.6. The molecule has 7 aromatic rings. The van der Waals surface area contributed by atoms with E-state index in [1.165, 1.54) is 40.4 Å². The van der Waals surface area contributed by atoms with Crippen LogP contribution in [0, 0.1) is 32.1 Å². The van der Waals surface area contributed by atoms with Gasteiger partial charge in [0, 0.05) is 69.3 Å². The molecule has 5 aromatic heterocycles. The summed E-state index contributed by atoms with van der Waals surface area (Å²) >= 11 is 3.05. The Labute approximate surface area is 485 Å². The minimum atomic E-state index is -1.21. The summed E-state index contributed by atoms with van der Waals surface area (Å²) in [5.41, 5.74) is 7.29. The van der Waals surface area contributed by atoms with E-state index < -0.39 is 53.3 Å². The molecule has 2 aromatic carbocycles. The van der Waals surface area contributed by atoms with E-state index in [-0.39, 0.29) is 62.7 Å². The number of rotatable bonds is 21. The van der Waals surface area contributed by atoms with Crippen LogP contribution in [0.25, 0.3) is 31.8 Å². The number of β-amino-alcohol motifs (C(OH)–C–C–N with tert-alkyl or cyclic N) is 1. The van der Waals surface area contributed by atoms with Crippen molar-refractivity contribution in [1.29, 1.82) is 0 Å². The van der Waals surface area contributed by atoms with Crippen LogP contribution in [0.2, 0.25) is 0 Å². The molecule has 1 aliphatic carbocycles. The number of carboxylic acids is 1. The first-order valence-electron chi connectivity index (χ1n) is 28.1. The number of aliphatic hydroxyl groups is 1. The molecule has 22 heteroatoms. The van der Waals surface area contributed by atoms with Gasteiger partial charge >= 0.3 is 5.97 Å². The lowest BCUT2D eigenvalue weighted by Gasteiger charge is -2.35. The zero-order valence-electron chi connectivity index (χ0n) is 47.8. The third-order valence-corrected chi connectivity index (χ3v) is 17.5. The highest BCUT2D eigenvalue weighted by Crippen LogP contribution is 2.35. The van der Waals surface area contributed by atoms with Gasteiger partial charge in [-0.2, -0.15) is 5.10 Å². The van der Waals surface area contributed by atoms with E-state index in [9.17, 15) is 34.2 Å². The van der Waals surface area contributed by atoms with E-state index in [1.807, 2.05) is 108 Å². The number of hydrogen-bond acceptors (Lipinski definition) is 16. The fraction of sp³-hybridized carbons (Fsp3) is 0.450. The minimum absolute atomic E-state index is 0.0132. The predicted molar refractivity (Wildman–Crippen MR) is 318 cm³/mol. The first kappa shape index (κ1) is 58.9. The number of aliphatic hydroxyl groups excluding tert-OH is 1. The van der Waals surface area contributed by atoms with Gasteiger partial charge < -0.3 is 40.9 Å². The molecule has 0 spiro atoms. The molecule has 1 saturated heterocycles. The average molecular weight is 1150 g/mol. The van der Waals surface area contributed by atoms with E-state index in [2.05, 4.69) is 41.2 Å². The summed E-state index contributed by atoms with van der Waals surface area (Å²) in [5, 5.41) is 45.2. The van der Waals surface area contributed by atoms with Gasteiger partial charge in [0.05, 0.1) is 44.6 Å². The molecule has 0 bridgehead atoms. The zero-order chi connectivity index (χ0) is 58.4. The predicted octanol–water partition coefficient (Wildman–Crippen LogP) is 9.55. The molecule has 9 rings (SSSR count). The maximum atomic E-state index is 14.4. The highest BCUT2D eigenvalue weighted by Gasteiger charge is 2.45. The lowest BCUT2D eigenvalue weighted by molar-refractivity contribution is -0.144. The molecule has 82 heavy (non-hydrogen) atoms. The highest BCUT2D eigenvalue weighted by molar-refractivity contribution is 7.22. The van der Waals surface area contributed by atoms with Crippen LogP contribution in [0.5, 0.6) is 0 Å². The van der Waals surface area contributed by atoms with Gasteiger partial charge in [-0.05, 0) is 105 Å². The standard InChI is InChI=1S/C60H73N13O7S2/c1-35-29-49(68-69-55(35)67-59-64-45-17-12-13-18-47(45)82-59)71(48-26-25-43(52(65-48)58(79)80)44-31-62-73(38(44)4)32-39-15-10-9-11-16-39)28-27-70(8)51(76)20-14-19-50(75)66-54(60(5,6)7)57(78)72-33-42(74)30-46(72)56(77)63-36(2)40-21-23-41(24-22-40)53-37(3)61-34-81-53/h12-13,17-18,21-26,29,31,34,36,39,42,46,54,74H,9-11,14-16,19-20,27-28,30,32-33H2,1-8H3,(H,63,77)(H,66,75)(H,79,80)(H,64,67,69)/t36-,42+,46-,54+/m0/s1. The molecule has 4 amide bonds. The van der Waals surface area contributed by atoms with Gasteiger partial charge in [0.25, 0.3) is 0 Å². The van der Waals surface area contributed by atoms with Crippen molar-refractivity contribution in [3.05, 3.63) is 107 Å². The number of aromatic nitrogens is 7. The van der Waals surface area contributed by atoms with E-state index in [1.54, 1.807) is 47.1 Å². The topological polar surface area (TPSA) is 254 Å². The molecular formula is C60H73N13O7S2. The van der Waals surface area contributed by atoms with E-state index in [0.717, 1.165) is 62.6 Å². The second kappa shape index (κ2) is 25.6. The number of likely N-dealkylation sites (tertiary alicyclic amines) is 1. The van der Waals surface area contributed by atoms with E-state index in [4.69, 9.17) is 4.98 Å².